The summed E-state index contributed by atoms with van der Waals surface area (Å²) in [7, 11) is 0. The van der Waals surface area contributed by atoms with Crippen molar-refractivity contribution in [2.75, 3.05) is 0 Å². The molecule has 0 aromatic rings. The first-order valence-electron chi connectivity index (χ1n) is 4.50. The second-order valence-corrected chi connectivity index (χ2v) is 3.69. The lowest BCUT2D eigenvalue weighted by molar-refractivity contribution is 0.0647. The number of hydrogen-bond acceptors (Lipinski definition) is 1. The number of rotatable bonds is 2. The molecule has 1 rings (SSSR count). The summed E-state index contributed by atoms with van der Waals surface area (Å²) in [5, 5.41) is 0. The molecule has 0 amide bonds. The van der Waals surface area contributed by atoms with Crippen LogP contribution in [0, 0.1) is 11.8 Å². The predicted molar refractivity (Wildman–Crippen MR) is 47.2 cm³/mol. The van der Waals surface area contributed by atoms with Gasteiger partial charge in [-0.1, -0.05) is 20.4 Å². The maximum Gasteiger partial charge on any atom is 0.0980 e. The molecule has 1 fully saturated rings. The Balaban J connectivity index is 2.33. The summed E-state index contributed by atoms with van der Waals surface area (Å²) in [4.78, 5) is 0. The van der Waals surface area contributed by atoms with Gasteiger partial charge in [-0.2, -0.15) is 0 Å². The van der Waals surface area contributed by atoms with Gasteiger partial charge in [0.15, 0.2) is 0 Å². The largest absolute Gasteiger partial charge is 0.499 e. The fourth-order valence-corrected chi connectivity index (χ4v) is 1.76. The minimum absolute atomic E-state index is 0.443. The van der Waals surface area contributed by atoms with Crippen LogP contribution in [0.2, 0.25) is 0 Å². The molecule has 0 aromatic carbocycles. The van der Waals surface area contributed by atoms with E-state index in [1.54, 1.807) is 6.26 Å². The van der Waals surface area contributed by atoms with E-state index in [1.807, 2.05) is 0 Å². The monoisotopic (exact) mass is 154 g/mol. The Bertz CT molecular complexity index is 131. The Morgan fingerprint density at radius 3 is 2.55 bits per heavy atom. The molecule has 0 aliphatic heterocycles. The lowest BCUT2D eigenvalue weighted by atomic mass is 9.80. The fraction of sp³-hybridized carbons (Fsp3) is 0.800. The number of hydrogen-bond donors (Lipinski definition) is 0. The van der Waals surface area contributed by atoms with Gasteiger partial charge in [0.2, 0.25) is 0 Å². The average Bonchev–Trinajstić information content (AvgIpc) is 1.98. The summed E-state index contributed by atoms with van der Waals surface area (Å²) >= 11 is 0. The molecule has 0 saturated heterocycles. The average molecular weight is 154 g/mol. The third-order valence-electron chi connectivity index (χ3n) is 2.84. The summed E-state index contributed by atoms with van der Waals surface area (Å²) in [6, 6.07) is 0. The molecule has 3 unspecified atom stereocenters. The first-order chi connectivity index (χ1) is 5.24. The van der Waals surface area contributed by atoms with Gasteiger partial charge in [0.1, 0.15) is 0 Å². The first-order valence-corrected chi connectivity index (χ1v) is 4.50. The Hall–Kier alpha value is -0.460. The Kier molecular flexibility index (Phi) is 2.98. The summed E-state index contributed by atoms with van der Waals surface area (Å²) in [6.45, 7) is 8.21. The quantitative estimate of drug-likeness (QED) is 0.556. The molecule has 0 bridgehead atoms. The molecular weight excluding hydrogens is 136 g/mol. The van der Waals surface area contributed by atoms with E-state index in [0.29, 0.717) is 6.10 Å². The van der Waals surface area contributed by atoms with Crippen molar-refractivity contribution in [3.05, 3.63) is 12.8 Å². The van der Waals surface area contributed by atoms with Crippen LogP contribution in [0.15, 0.2) is 12.8 Å². The second-order valence-electron chi connectivity index (χ2n) is 3.69. The molecule has 0 heterocycles. The van der Waals surface area contributed by atoms with Gasteiger partial charge in [0, 0.05) is 0 Å². The van der Waals surface area contributed by atoms with Crippen molar-refractivity contribution in [3.63, 3.8) is 0 Å². The maximum atomic E-state index is 5.37. The zero-order chi connectivity index (χ0) is 8.27. The van der Waals surface area contributed by atoms with E-state index in [9.17, 15) is 0 Å². The van der Waals surface area contributed by atoms with Crippen LogP contribution in [-0.2, 0) is 4.74 Å². The van der Waals surface area contributed by atoms with Crippen LogP contribution in [-0.4, -0.2) is 6.10 Å². The molecule has 1 saturated carbocycles. The van der Waals surface area contributed by atoms with Crippen LogP contribution in [0.1, 0.15) is 33.1 Å². The predicted octanol–water partition coefficient (Wildman–Crippen LogP) is 2.97. The van der Waals surface area contributed by atoms with Gasteiger partial charge in [-0.25, -0.2) is 0 Å². The van der Waals surface area contributed by atoms with Crippen molar-refractivity contribution >= 4 is 0 Å². The van der Waals surface area contributed by atoms with Gasteiger partial charge in [-0.15, -0.1) is 0 Å². The highest BCUT2D eigenvalue weighted by molar-refractivity contribution is 4.76. The van der Waals surface area contributed by atoms with Crippen molar-refractivity contribution in [1.29, 1.82) is 0 Å². The Morgan fingerprint density at radius 2 is 2.00 bits per heavy atom. The van der Waals surface area contributed by atoms with Crippen LogP contribution in [0.3, 0.4) is 0 Å². The molecule has 0 aromatic heterocycles. The van der Waals surface area contributed by atoms with E-state index >= 15 is 0 Å². The van der Waals surface area contributed by atoms with E-state index in [0.717, 1.165) is 11.8 Å². The summed E-state index contributed by atoms with van der Waals surface area (Å²) in [5.74, 6) is 1.69. The molecule has 11 heavy (non-hydrogen) atoms. The molecule has 3 atom stereocenters. The lowest BCUT2D eigenvalue weighted by Gasteiger charge is -2.31. The van der Waals surface area contributed by atoms with E-state index < -0.39 is 0 Å². The van der Waals surface area contributed by atoms with Crippen molar-refractivity contribution < 1.29 is 4.74 Å². The summed E-state index contributed by atoms with van der Waals surface area (Å²) in [6.07, 6.45) is 5.73. The highest BCUT2D eigenvalue weighted by atomic mass is 16.5. The zero-order valence-corrected chi connectivity index (χ0v) is 7.55. The molecule has 1 nitrogen and oxygen atoms in total. The highest BCUT2D eigenvalue weighted by Crippen LogP contribution is 2.30. The fourth-order valence-electron chi connectivity index (χ4n) is 1.76. The van der Waals surface area contributed by atoms with Gasteiger partial charge < -0.3 is 4.74 Å². The minimum Gasteiger partial charge on any atom is -0.499 e. The lowest BCUT2D eigenvalue weighted by Crippen LogP contribution is -2.25. The minimum atomic E-state index is 0.443. The van der Waals surface area contributed by atoms with Crippen LogP contribution in [0.5, 0.6) is 0 Å². The number of ether oxygens (including phenoxy) is 1. The van der Waals surface area contributed by atoms with Gasteiger partial charge in [0.05, 0.1) is 12.4 Å². The van der Waals surface area contributed by atoms with Crippen LogP contribution in [0.4, 0.5) is 0 Å². The van der Waals surface area contributed by atoms with Crippen LogP contribution >= 0.6 is 0 Å². The summed E-state index contributed by atoms with van der Waals surface area (Å²) in [5.41, 5.74) is 0. The van der Waals surface area contributed by atoms with Gasteiger partial charge in [-0.3, -0.25) is 0 Å². The van der Waals surface area contributed by atoms with Gasteiger partial charge >= 0.3 is 0 Å². The van der Waals surface area contributed by atoms with Crippen LogP contribution in [0.25, 0.3) is 0 Å². The maximum absolute atomic E-state index is 5.37. The van der Waals surface area contributed by atoms with Gasteiger partial charge in [0.25, 0.3) is 0 Å². The third-order valence-corrected chi connectivity index (χ3v) is 2.84. The van der Waals surface area contributed by atoms with Crippen LogP contribution < -0.4 is 0 Å². The molecule has 0 radical (unpaired) electrons. The molecule has 1 heteroatoms. The molecule has 0 N–H and O–H groups in total. The molecule has 0 spiro atoms. The standard InChI is InChI=1S/C10H18O/c1-4-11-10-6-5-8(2)9(3)7-10/h4,8-10H,1,5-7H2,2-3H3. The molecule has 1 aliphatic rings. The van der Waals surface area contributed by atoms with Gasteiger partial charge in [-0.05, 0) is 31.1 Å². The van der Waals surface area contributed by atoms with E-state index in [1.165, 1.54) is 19.3 Å². The topological polar surface area (TPSA) is 9.23 Å². The molecule has 64 valence electrons. The third kappa shape index (κ3) is 2.25. The summed E-state index contributed by atoms with van der Waals surface area (Å²) < 4.78 is 5.37. The molecule has 1 aliphatic carbocycles. The Labute approximate surface area is 69.4 Å². The van der Waals surface area contributed by atoms with Crippen molar-refractivity contribution in [2.24, 2.45) is 11.8 Å². The molecular formula is C10H18O. The van der Waals surface area contributed by atoms with Crippen molar-refractivity contribution in [3.8, 4) is 0 Å². The van der Waals surface area contributed by atoms with E-state index in [4.69, 9.17) is 4.74 Å². The van der Waals surface area contributed by atoms with E-state index in [-0.39, 0.29) is 0 Å². The zero-order valence-electron chi connectivity index (χ0n) is 7.55. The van der Waals surface area contributed by atoms with E-state index in [2.05, 4.69) is 20.4 Å². The first kappa shape index (κ1) is 8.63. The Morgan fingerprint density at radius 1 is 1.27 bits per heavy atom. The van der Waals surface area contributed by atoms with Crippen molar-refractivity contribution in [1.82, 2.24) is 0 Å². The van der Waals surface area contributed by atoms with Crippen molar-refractivity contribution in [2.45, 2.75) is 39.2 Å². The smallest absolute Gasteiger partial charge is 0.0980 e. The SMILES string of the molecule is C=COC1CCC(C)C(C)C1. The highest BCUT2D eigenvalue weighted by Gasteiger charge is 2.24. The second kappa shape index (κ2) is 3.80. The normalized spacial score (nSPS) is 38.2.